The van der Waals surface area contributed by atoms with E-state index in [1.54, 1.807) is 37.3 Å². The summed E-state index contributed by atoms with van der Waals surface area (Å²) in [5, 5.41) is 48.9. The Morgan fingerprint density at radius 2 is 1.60 bits per heavy atom. The van der Waals surface area contributed by atoms with Crippen molar-refractivity contribution in [2.24, 2.45) is 11.7 Å². The lowest BCUT2D eigenvalue weighted by Crippen LogP contribution is -2.47. The fraction of sp³-hybridized carbons (Fsp3) is 0.377. The number of aliphatic hydroxyl groups excluding tert-OH is 2. The van der Waals surface area contributed by atoms with Gasteiger partial charge in [0.25, 0.3) is 0 Å². The molecule has 1 saturated heterocycles. The second kappa shape index (κ2) is 24.7. The molecule has 7 rings (SSSR count). The first kappa shape index (κ1) is 54.6. The zero-order valence-corrected chi connectivity index (χ0v) is 41.6. The number of likely N-dealkylation sites (tertiary alicyclic amines) is 1. The number of unbranched alkanes of at least 4 members (excludes halogenated alkanes) is 2. The molecule has 8 amide bonds. The van der Waals surface area contributed by atoms with Crippen LogP contribution in [0, 0.1) is 29.6 Å². The van der Waals surface area contributed by atoms with E-state index in [4.69, 9.17) is 10.5 Å². The molecule has 0 radical (unpaired) electrons. The van der Waals surface area contributed by atoms with Crippen LogP contribution in [-0.4, -0.2) is 123 Å². The van der Waals surface area contributed by atoms with Gasteiger partial charge in [-0.05, 0) is 91.8 Å². The predicted octanol–water partition coefficient (Wildman–Crippen LogP) is 2.01. The number of anilines is 2. The molecule has 3 aromatic rings. The highest BCUT2D eigenvalue weighted by Gasteiger charge is 2.46. The molecule has 0 saturated carbocycles. The Balaban J connectivity index is 0.894. The number of aliphatic hydroxyl groups is 2. The Kier molecular flexibility index (Phi) is 18.0. The van der Waals surface area contributed by atoms with Crippen LogP contribution in [0.25, 0.3) is 0 Å². The summed E-state index contributed by atoms with van der Waals surface area (Å²) >= 11 is 4.10. The van der Waals surface area contributed by atoms with Gasteiger partial charge >= 0.3 is 12.1 Å². The van der Waals surface area contributed by atoms with E-state index in [0.29, 0.717) is 41.6 Å². The number of aromatic hydroxyl groups is 1. The summed E-state index contributed by atoms with van der Waals surface area (Å²) in [4.78, 5) is 116. The van der Waals surface area contributed by atoms with Crippen LogP contribution in [-0.2, 0) is 41.9 Å². The van der Waals surface area contributed by atoms with Crippen LogP contribution in [0.4, 0.5) is 21.0 Å². The number of thiol groups is 1. The molecule has 2 bridgehead atoms. The summed E-state index contributed by atoms with van der Waals surface area (Å²) in [6.45, 7) is 1.24. The van der Waals surface area contributed by atoms with Crippen LogP contribution >= 0.6 is 12.6 Å². The van der Waals surface area contributed by atoms with E-state index in [9.17, 15) is 58.5 Å². The number of primary amides is 1. The molecule has 21 nitrogen and oxygen atoms in total. The van der Waals surface area contributed by atoms with E-state index in [1.807, 2.05) is 0 Å². The first-order chi connectivity index (χ1) is 35.9. The van der Waals surface area contributed by atoms with Crippen molar-refractivity contribution in [2.75, 3.05) is 30.3 Å². The number of rotatable bonds is 20. The average molecular weight is 1050 g/mol. The van der Waals surface area contributed by atoms with E-state index in [-0.39, 0.29) is 91.7 Å². The van der Waals surface area contributed by atoms with Crippen molar-refractivity contribution in [1.82, 2.24) is 26.2 Å². The quantitative estimate of drug-likeness (QED) is 0.0199. The van der Waals surface area contributed by atoms with Crippen LogP contribution in [0.2, 0.25) is 0 Å². The third-order valence-electron chi connectivity index (χ3n) is 13.0. The van der Waals surface area contributed by atoms with Crippen molar-refractivity contribution in [1.29, 1.82) is 0 Å². The first-order valence-corrected chi connectivity index (χ1v) is 24.8. The van der Waals surface area contributed by atoms with Gasteiger partial charge in [-0.3, -0.25) is 38.5 Å². The number of carbonyl (C=O) groups is 9. The number of allylic oxidation sites excluding steroid dienone is 2. The van der Waals surface area contributed by atoms with E-state index < -0.39 is 95.1 Å². The van der Waals surface area contributed by atoms with Gasteiger partial charge in [0.15, 0.2) is 11.6 Å². The van der Waals surface area contributed by atoms with E-state index in [0.717, 1.165) is 0 Å². The first-order valence-electron chi connectivity index (χ1n) is 24.3. The maximum absolute atomic E-state index is 14.2. The monoisotopic (exact) mass is 1040 g/mol. The van der Waals surface area contributed by atoms with E-state index in [2.05, 4.69) is 68.2 Å². The summed E-state index contributed by atoms with van der Waals surface area (Å²) < 4.78 is 5.39. The van der Waals surface area contributed by atoms with Gasteiger partial charge in [0.2, 0.25) is 29.5 Å². The highest BCUT2D eigenvalue weighted by molar-refractivity contribution is 7.81. The number of ketones is 2. The topological polar surface area (TPSA) is 325 Å². The molecule has 3 unspecified atom stereocenters. The fourth-order valence-electron chi connectivity index (χ4n) is 9.34. The number of amides is 8. The molecular weight excluding hydrogens is 989 g/mol. The Morgan fingerprint density at radius 3 is 2.31 bits per heavy atom. The number of fused-ring (bicyclic) bond motifs is 7. The SMILES string of the molecule is C[C@@H](O)C1C2c3cc(O)c4c(c3N[C@H]1C#C/C=C\C#C[C@H]2O)C(=O)c1ccc(CNC(=O)OCc2ccc(NC(=O)[C@H](CCCNC(N)=O)NC(=O)CNC(=O)CCCCCN3C(=O)CC(S)C3=O)cc2)cc1C4=O. The number of benzene rings is 3. The fourth-order valence-corrected chi connectivity index (χ4v) is 9.64. The zero-order chi connectivity index (χ0) is 53.9. The molecule has 11 N–H and O–H groups in total. The van der Waals surface area contributed by atoms with Crippen molar-refractivity contribution in [2.45, 2.75) is 100 Å². The molecule has 2 aliphatic heterocycles. The minimum absolute atomic E-state index is 0.00150. The van der Waals surface area contributed by atoms with Gasteiger partial charge in [0.1, 0.15) is 24.5 Å². The number of phenols is 1. The second-order valence-electron chi connectivity index (χ2n) is 18.3. The van der Waals surface area contributed by atoms with Crippen LogP contribution in [0.5, 0.6) is 5.75 Å². The second-order valence-corrected chi connectivity index (χ2v) is 19.0. The molecule has 0 spiro atoms. The molecule has 2 heterocycles. The molecule has 7 atom stereocenters. The van der Waals surface area contributed by atoms with Crippen LogP contribution in [0.3, 0.4) is 0 Å². The van der Waals surface area contributed by atoms with Crippen LogP contribution in [0.15, 0.2) is 60.7 Å². The summed E-state index contributed by atoms with van der Waals surface area (Å²) in [6.07, 6.45) is 1.95. The Hall–Kier alpha value is -8.18. The molecule has 392 valence electrons. The number of ether oxygens (including phenoxy) is 1. The number of phenolic OH excluding ortho intramolecular Hbond substituents is 1. The third-order valence-corrected chi connectivity index (χ3v) is 13.4. The number of alkyl carbamates (subject to hydrolysis) is 1. The maximum atomic E-state index is 14.2. The van der Waals surface area contributed by atoms with Gasteiger partial charge in [0.05, 0.1) is 40.8 Å². The number of nitrogens with two attached hydrogens (primary N) is 1. The highest BCUT2D eigenvalue weighted by atomic mass is 32.1. The summed E-state index contributed by atoms with van der Waals surface area (Å²) in [7, 11) is 0. The average Bonchev–Trinajstić information content (AvgIpc) is 3.64. The van der Waals surface area contributed by atoms with Gasteiger partial charge < -0.3 is 57.7 Å². The maximum Gasteiger partial charge on any atom is 0.407 e. The van der Waals surface area contributed by atoms with Crippen molar-refractivity contribution in [3.05, 3.63) is 99.6 Å². The van der Waals surface area contributed by atoms with Crippen molar-refractivity contribution in [3.8, 4) is 29.4 Å². The Labute approximate surface area is 436 Å². The minimum atomic E-state index is -1.32. The van der Waals surface area contributed by atoms with Gasteiger partial charge in [-0.15, -0.1) is 0 Å². The lowest BCUT2D eigenvalue weighted by atomic mass is 9.69. The third kappa shape index (κ3) is 13.3. The number of imide groups is 1. The van der Waals surface area contributed by atoms with Crippen LogP contribution < -0.4 is 37.6 Å². The van der Waals surface area contributed by atoms with E-state index in [1.165, 1.54) is 35.3 Å². The Morgan fingerprint density at radius 1 is 0.880 bits per heavy atom. The molecule has 3 aromatic carbocycles. The summed E-state index contributed by atoms with van der Waals surface area (Å²) in [5.41, 5.74) is 6.70. The number of carbonyl (C=O) groups excluding carboxylic acids is 9. The van der Waals surface area contributed by atoms with Crippen molar-refractivity contribution in [3.63, 3.8) is 0 Å². The predicted molar refractivity (Wildman–Crippen MR) is 274 cm³/mol. The van der Waals surface area contributed by atoms with E-state index >= 15 is 0 Å². The van der Waals surface area contributed by atoms with Gasteiger partial charge in [-0.25, -0.2) is 9.59 Å². The largest absolute Gasteiger partial charge is 0.507 e. The normalized spacial score (nSPS) is 20.2. The number of hydrogen-bond acceptors (Lipinski definition) is 15. The van der Waals surface area contributed by atoms with Gasteiger partial charge in [-0.2, -0.15) is 12.6 Å². The number of hydrogen-bond donors (Lipinski definition) is 11. The lowest BCUT2D eigenvalue weighted by molar-refractivity contribution is -0.138. The number of urea groups is 1. The molecular formula is C53H56N8O13S. The zero-order valence-electron chi connectivity index (χ0n) is 40.7. The molecule has 1 fully saturated rings. The smallest absolute Gasteiger partial charge is 0.407 e. The summed E-state index contributed by atoms with van der Waals surface area (Å²) in [6, 6.07) is 9.48. The van der Waals surface area contributed by atoms with Crippen molar-refractivity contribution >= 4 is 77.2 Å². The van der Waals surface area contributed by atoms with Gasteiger partial charge in [0, 0.05) is 61.1 Å². The highest BCUT2D eigenvalue weighted by Crippen LogP contribution is 2.49. The standard InChI is InChI=1S/C53H56N8O13S/c1-28(62)43-35-10-5-2-3-6-12-37(63)44(43)34-23-38(64)45-46(47(34)60-35)48(68)32-19-16-30(22-33(32)49(45)69)25-57-53(73)74-27-29-14-17-31(18-15-29)58-50(70)36(11-9-20-55-52(54)72)59-41(66)26-56-40(65)13-7-4-8-21-61-42(67)24-39(75)51(61)71/h2-3,14-19,22-23,28,35-37,39,43-44,60,62-64,75H,4,7-9,11,13,20-21,24-27H2,1H3,(H,56,65)(H,57,73)(H,58,70)(H,59,66)(H3,54,55,72)/b3-2-/t28-,35+,36+,37-,39?,43?,44?/m1/s1. The van der Waals surface area contributed by atoms with Crippen LogP contribution in [0.1, 0.15) is 106 Å². The number of nitrogens with zero attached hydrogens (tertiary/aromatic N) is 1. The van der Waals surface area contributed by atoms with Gasteiger partial charge in [-0.1, -0.05) is 48.3 Å². The number of nitrogens with one attached hydrogen (secondary N) is 6. The molecule has 0 aromatic heterocycles. The molecule has 4 aliphatic rings. The molecule has 2 aliphatic carbocycles. The summed E-state index contributed by atoms with van der Waals surface area (Å²) in [5.74, 6) is 5.85. The lowest BCUT2D eigenvalue weighted by Gasteiger charge is -2.42. The molecule has 22 heteroatoms. The minimum Gasteiger partial charge on any atom is -0.507 e. The Bertz CT molecular complexity index is 2960. The molecule has 75 heavy (non-hydrogen) atoms. The van der Waals surface area contributed by atoms with Crippen molar-refractivity contribution < 1.29 is 63.2 Å².